The molecule has 23 heavy (non-hydrogen) atoms. The second-order valence-electron chi connectivity index (χ2n) is 5.49. The van der Waals surface area contributed by atoms with Gasteiger partial charge in [-0.15, -0.1) is 0 Å². The van der Waals surface area contributed by atoms with Gasteiger partial charge in [0.15, 0.2) is 0 Å². The fraction of sp³-hybridized carbons (Fsp3) is 0.467. The van der Waals surface area contributed by atoms with Crippen molar-refractivity contribution >= 4 is 40.8 Å². The van der Waals surface area contributed by atoms with Gasteiger partial charge in [-0.05, 0) is 31.5 Å². The number of nitrogens with one attached hydrogen (secondary N) is 2. The van der Waals surface area contributed by atoms with Gasteiger partial charge in [-0.25, -0.2) is 4.79 Å². The van der Waals surface area contributed by atoms with Crippen LogP contribution in [0.4, 0.5) is 5.69 Å². The largest absolute Gasteiger partial charge is 0.480 e. The van der Waals surface area contributed by atoms with E-state index in [-0.39, 0.29) is 12.3 Å². The number of hydrogen-bond acceptors (Lipinski definition) is 4. The Kier molecular flexibility index (Phi) is 6.10. The molecule has 0 spiro atoms. The Bertz CT molecular complexity index is 610. The van der Waals surface area contributed by atoms with Gasteiger partial charge < -0.3 is 21.5 Å². The van der Waals surface area contributed by atoms with Gasteiger partial charge in [-0.2, -0.15) is 0 Å². The van der Waals surface area contributed by atoms with Crippen molar-refractivity contribution in [3.63, 3.8) is 0 Å². The smallest absolute Gasteiger partial charge is 0.326 e. The van der Waals surface area contributed by atoms with E-state index >= 15 is 0 Å². The maximum Gasteiger partial charge on any atom is 0.326 e. The molecule has 1 heterocycles. The summed E-state index contributed by atoms with van der Waals surface area (Å²) < 4.78 is 0. The highest BCUT2D eigenvalue weighted by Gasteiger charge is 2.33. The van der Waals surface area contributed by atoms with Crippen LogP contribution in [0.3, 0.4) is 0 Å². The number of carboxylic acid groups (broad SMARTS) is 1. The van der Waals surface area contributed by atoms with Crippen molar-refractivity contribution in [1.29, 1.82) is 0 Å². The van der Waals surface area contributed by atoms with E-state index in [0.717, 1.165) is 6.42 Å². The maximum absolute atomic E-state index is 12.1. The molecule has 6 nitrogen and oxygen atoms in total. The summed E-state index contributed by atoms with van der Waals surface area (Å²) in [6, 6.07) is 1.91. The zero-order valence-corrected chi connectivity index (χ0v) is 14.0. The summed E-state index contributed by atoms with van der Waals surface area (Å²) in [5.74, 6) is -1.14. The summed E-state index contributed by atoms with van der Waals surface area (Å²) in [5, 5.41) is 15.8. The number of amides is 1. The monoisotopic (exact) mass is 359 g/mol. The minimum absolute atomic E-state index is 0.147. The fourth-order valence-electron chi connectivity index (χ4n) is 2.65. The first-order chi connectivity index (χ1) is 10.9. The molecule has 5 N–H and O–H groups in total. The van der Waals surface area contributed by atoms with Gasteiger partial charge in [0, 0.05) is 34.1 Å². The topological polar surface area (TPSA) is 104 Å². The summed E-state index contributed by atoms with van der Waals surface area (Å²) >= 11 is 12.2. The molecule has 0 aliphatic carbocycles. The highest BCUT2D eigenvalue weighted by atomic mass is 35.5. The van der Waals surface area contributed by atoms with Crippen molar-refractivity contribution < 1.29 is 14.7 Å². The predicted molar refractivity (Wildman–Crippen MR) is 89.9 cm³/mol. The molecule has 1 aliphatic heterocycles. The van der Waals surface area contributed by atoms with E-state index in [4.69, 9.17) is 28.9 Å². The number of rotatable bonds is 6. The van der Waals surface area contributed by atoms with Gasteiger partial charge in [0.2, 0.25) is 5.91 Å². The molecule has 2 rings (SSSR count). The highest BCUT2D eigenvalue weighted by molar-refractivity contribution is 6.35. The first-order valence-electron chi connectivity index (χ1n) is 7.40. The van der Waals surface area contributed by atoms with Gasteiger partial charge in [0.1, 0.15) is 6.04 Å². The third-order valence-corrected chi connectivity index (χ3v) is 4.27. The molecule has 2 atom stereocenters. The van der Waals surface area contributed by atoms with Crippen LogP contribution in [-0.4, -0.2) is 29.6 Å². The summed E-state index contributed by atoms with van der Waals surface area (Å²) in [6.45, 7) is 0.537. The molecule has 0 fully saturated rings. The van der Waals surface area contributed by atoms with Gasteiger partial charge in [-0.3, -0.25) is 4.79 Å². The lowest BCUT2D eigenvalue weighted by atomic mass is 9.92. The van der Waals surface area contributed by atoms with Crippen LogP contribution in [0.1, 0.15) is 37.3 Å². The highest BCUT2D eigenvalue weighted by Crippen LogP contribution is 2.39. The van der Waals surface area contributed by atoms with Crippen molar-refractivity contribution in [2.45, 2.75) is 37.8 Å². The third kappa shape index (κ3) is 4.50. The minimum atomic E-state index is -0.992. The second-order valence-corrected chi connectivity index (χ2v) is 6.33. The summed E-state index contributed by atoms with van der Waals surface area (Å²) in [4.78, 5) is 23.4. The minimum Gasteiger partial charge on any atom is -0.480 e. The van der Waals surface area contributed by atoms with Gasteiger partial charge >= 0.3 is 5.97 Å². The molecular weight excluding hydrogens is 341 g/mol. The number of aliphatic carboxylic acids is 1. The Morgan fingerprint density at radius 1 is 1.35 bits per heavy atom. The van der Waals surface area contributed by atoms with Crippen molar-refractivity contribution in [3.05, 3.63) is 27.7 Å². The lowest BCUT2D eigenvalue weighted by Crippen LogP contribution is -2.41. The van der Waals surface area contributed by atoms with E-state index in [1.54, 1.807) is 12.1 Å². The molecule has 1 aromatic rings. The van der Waals surface area contributed by atoms with Crippen LogP contribution in [0.25, 0.3) is 0 Å². The molecule has 126 valence electrons. The van der Waals surface area contributed by atoms with Crippen molar-refractivity contribution in [2.75, 3.05) is 11.9 Å². The normalized spacial score (nSPS) is 19.6. The summed E-state index contributed by atoms with van der Waals surface area (Å²) in [6.07, 6.45) is 2.02. The number of nitrogens with two attached hydrogens (primary N) is 1. The Morgan fingerprint density at radius 3 is 2.74 bits per heavy atom. The van der Waals surface area contributed by atoms with E-state index < -0.39 is 18.1 Å². The summed E-state index contributed by atoms with van der Waals surface area (Å²) in [7, 11) is 0. The van der Waals surface area contributed by atoms with Gasteiger partial charge in [0.25, 0.3) is 0 Å². The number of anilines is 1. The molecule has 0 bridgehead atoms. The zero-order chi connectivity index (χ0) is 17.0. The number of hydrogen-bond donors (Lipinski definition) is 4. The van der Waals surface area contributed by atoms with E-state index in [1.807, 2.05) is 0 Å². The Morgan fingerprint density at radius 2 is 2.09 bits per heavy atom. The quantitative estimate of drug-likeness (QED) is 0.584. The fourth-order valence-corrected chi connectivity index (χ4v) is 3.27. The Hall–Kier alpha value is -1.50. The predicted octanol–water partition coefficient (Wildman–Crippen LogP) is 2.55. The molecule has 0 saturated carbocycles. The van der Waals surface area contributed by atoms with Crippen LogP contribution in [0.15, 0.2) is 12.1 Å². The van der Waals surface area contributed by atoms with Crippen molar-refractivity contribution in [2.24, 2.45) is 5.73 Å². The molecule has 0 saturated heterocycles. The maximum atomic E-state index is 12.1. The molecule has 1 aliphatic rings. The molecule has 1 amide bonds. The molecule has 0 radical (unpaired) electrons. The first-order valence-corrected chi connectivity index (χ1v) is 8.15. The number of fused-ring (bicyclic) bond motifs is 1. The van der Waals surface area contributed by atoms with Crippen LogP contribution >= 0.6 is 23.2 Å². The molecule has 0 aromatic heterocycles. The average molecular weight is 360 g/mol. The Labute approximate surface area is 144 Å². The van der Waals surface area contributed by atoms with Gasteiger partial charge in [0.05, 0.1) is 6.04 Å². The lowest BCUT2D eigenvalue weighted by Gasteiger charge is -2.32. The van der Waals surface area contributed by atoms with Crippen molar-refractivity contribution in [1.82, 2.24) is 5.32 Å². The van der Waals surface area contributed by atoms with E-state index in [1.165, 1.54) is 0 Å². The zero-order valence-electron chi connectivity index (χ0n) is 12.4. The van der Waals surface area contributed by atoms with Crippen LogP contribution in [-0.2, 0) is 9.59 Å². The molecular formula is C15H19Cl2N3O3. The molecule has 0 unspecified atom stereocenters. The van der Waals surface area contributed by atoms with Gasteiger partial charge in [-0.1, -0.05) is 23.2 Å². The van der Waals surface area contributed by atoms with E-state index in [0.29, 0.717) is 40.7 Å². The van der Waals surface area contributed by atoms with Crippen LogP contribution in [0.5, 0.6) is 0 Å². The lowest BCUT2D eigenvalue weighted by molar-refractivity contribution is -0.138. The van der Waals surface area contributed by atoms with Crippen LogP contribution in [0.2, 0.25) is 10.0 Å². The number of unbranched alkanes of at least 4 members (excludes halogenated alkanes) is 1. The average Bonchev–Trinajstić information content (AvgIpc) is 2.46. The van der Waals surface area contributed by atoms with Crippen LogP contribution in [0, 0.1) is 0 Å². The second kappa shape index (κ2) is 7.86. The number of halogens is 2. The number of benzene rings is 1. The summed E-state index contributed by atoms with van der Waals surface area (Å²) in [5.41, 5.74) is 6.62. The number of carbonyl (C=O) groups is 2. The number of carbonyl (C=O) groups excluding carboxylic acids is 1. The molecule has 8 heteroatoms. The first kappa shape index (κ1) is 17.8. The van der Waals surface area contributed by atoms with Crippen molar-refractivity contribution in [3.8, 4) is 0 Å². The third-order valence-electron chi connectivity index (χ3n) is 3.74. The van der Waals surface area contributed by atoms with E-state index in [2.05, 4.69) is 10.6 Å². The SMILES string of the molecule is NCCCCC(=O)N[C@@H]1C[C@@H](C(=O)O)Nc2cc(Cl)cc(Cl)c21. The molecule has 1 aromatic carbocycles. The van der Waals surface area contributed by atoms with Crippen LogP contribution < -0.4 is 16.4 Å². The van der Waals surface area contributed by atoms with E-state index in [9.17, 15) is 14.7 Å². The number of carboxylic acids is 1. The Balaban J connectivity index is 2.21. The standard InChI is InChI=1S/C15H19Cl2N3O3/c16-8-5-9(17)14-10(6-8)19-12(15(22)23)7-11(14)20-13(21)3-1-2-4-18/h5-6,11-12,19H,1-4,7,18H2,(H,20,21)(H,22,23)/t11-,12+/m1/s1.